The third-order valence-corrected chi connectivity index (χ3v) is 3.02. The Kier molecular flexibility index (Phi) is 3.26. The molecule has 1 aliphatic heterocycles. The van der Waals surface area contributed by atoms with Crippen molar-refractivity contribution in [3.63, 3.8) is 0 Å². The van der Waals surface area contributed by atoms with Gasteiger partial charge in [-0.2, -0.15) is 0 Å². The van der Waals surface area contributed by atoms with E-state index >= 15 is 0 Å². The highest BCUT2D eigenvalue weighted by atomic mass is 15.2. The first-order valence-electron chi connectivity index (χ1n) is 5.74. The summed E-state index contributed by atoms with van der Waals surface area (Å²) in [4.78, 5) is 6.57. The van der Waals surface area contributed by atoms with Crippen LogP contribution in [0.2, 0.25) is 0 Å². The number of anilines is 1. The van der Waals surface area contributed by atoms with E-state index in [9.17, 15) is 0 Å². The minimum absolute atomic E-state index is 0.628. The Morgan fingerprint density at radius 1 is 1.40 bits per heavy atom. The van der Waals surface area contributed by atoms with Crippen LogP contribution in [0.1, 0.15) is 19.8 Å². The van der Waals surface area contributed by atoms with Gasteiger partial charge in [-0.3, -0.25) is 0 Å². The molecule has 0 aromatic carbocycles. The lowest BCUT2D eigenvalue weighted by atomic mass is 10.1. The maximum atomic E-state index is 5.74. The van der Waals surface area contributed by atoms with Crippen molar-refractivity contribution in [2.75, 3.05) is 25.4 Å². The number of nitrogens with two attached hydrogens (primary N) is 1. The van der Waals surface area contributed by atoms with Crippen LogP contribution in [-0.2, 0) is 6.54 Å². The Labute approximate surface area is 91.1 Å². The predicted octanol–water partition coefficient (Wildman–Crippen LogP) is 1.20. The van der Waals surface area contributed by atoms with Crippen molar-refractivity contribution in [2.45, 2.75) is 26.3 Å². The summed E-state index contributed by atoms with van der Waals surface area (Å²) in [5, 5.41) is 0. The van der Waals surface area contributed by atoms with Crippen LogP contribution in [-0.4, -0.2) is 34.1 Å². The molecular formula is C11H20N4. The fourth-order valence-corrected chi connectivity index (χ4v) is 2.29. The topological polar surface area (TPSA) is 47.1 Å². The Hall–Kier alpha value is -1.03. The van der Waals surface area contributed by atoms with Gasteiger partial charge < -0.3 is 15.2 Å². The molecule has 1 unspecified atom stereocenters. The normalized spacial score (nSPS) is 19.5. The van der Waals surface area contributed by atoms with Crippen molar-refractivity contribution >= 4 is 5.95 Å². The number of hydrogen-bond donors (Lipinski definition) is 1. The van der Waals surface area contributed by atoms with E-state index in [-0.39, 0.29) is 0 Å². The van der Waals surface area contributed by atoms with Gasteiger partial charge in [-0.05, 0) is 31.8 Å². The van der Waals surface area contributed by atoms with E-state index in [0.29, 0.717) is 11.9 Å². The maximum Gasteiger partial charge on any atom is 0.200 e. The third-order valence-electron chi connectivity index (χ3n) is 3.02. The molecule has 1 aliphatic rings. The molecule has 0 amide bonds. The van der Waals surface area contributed by atoms with Crippen LogP contribution in [0.3, 0.4) is 0 Å². The zero-order chi connectivity index (χ0) is 10.7. The summed E-state index contributed by atoms with van der Waals surface area (Å²) in [5.41, 5.74) is 5.74. The van der Waals surface area contributed by atoms with Gasteiger partial charge in [-0.1, -0.05) is 6.92 Å². The first kappa shape index (κ1) is 10.5. The number of imidazole rings is 1. The van der Waals surface area contributed by atoms with E-state index in [0.717, 1.165) is 6.54 Å². The summed E-state index contributed by atoms with van der Waals surface area (Å²) in [5.74, 6) is 1.27. The third kappa shape index (κ3) is 2.72. The highest BCUT2D eigenvalue weighted by molar-refractivity contribution is 5.16. The number of nitrogens with zero attached hydrogens (tertiary/aromatic N) is 3. The van der Waals surface area contributed by atoms with Gasteiger partial charge in [0.15, 0.2) is 5.95 Å². The molecule has 84 valence electrons. The summed E-state index contributed by atoms with van der Waals surface area (Å²) in [6.45, 7) is 6.96. The smallest absolute Gasteiger partial charge is 0.200 e. The molecule has 2 rings (SSSR count). The highest BCUT2D eigenvalue weighted by Crippen LogP contribution is 2.12. The second-order valence-electron chi connectivity index (χ2n) is 4.55. The Morgan fingerprint density at radius 2 is 2.13 bits per heavy atom. The molecule has 4 nitrogen and oxygen atoms in total. The largest absolute Gasteiger partial charge is 0.369 e. The number of nitrogen functional groups attached to an aromatic ring is 1. The van der Waals surface area contributed by atoms with Crippen molar-refractivity contribution in [1.82, 2.24) is 14.5 Å². The van der Waals surface area contributed by atoms with E-state index in [1.54, 1.807) is 6.20 Å². The molecule has 2 heterocycles. The van der Waals surface area contributed by atoms with Gasteiger partial charge in [-0.25, -0.2) is 4.98 Å². The number of aromatic nitrogens is 2. The summed E-state index contributed by atoms with van der Waals surface area (Å²) in [6, 6.07) is 0. The van der Waals surface area contributed by atoms with E-state index in [1.165, 1.54) is 32.5 Å². The van der Waals surface area contributed by atoms with Crippen molar-refractivity contribution in [2.24, 2.45) is 5.92 Å². The number of hydrogen-bond acceptors (Lipinski definition) is 3. The van der Waals surface area contributed by atoms with Gasteiger partial charge in [0.05, 0.1) is 0 Å². The van der Waals surface area contributed by atoms with E-state index in [1.807, 2.05) is 10.8 Å². The Balaban J connectivity index is 1.81. The van der Waals surface area contributed by atoms with Gasteiger partial charge in [0, 0.05) is 25.5 Å². The average Bonchev–Trinajstić information content (AvgIpc) is 2.79. The number of likely N-dealkylation sites (tertiary alicyclic amines) is 1. The molecule has 0 aliphatic carbocycles. The molecule has 4 heteroatoms. The molecule has 1 atom stereocenters. The summed E-state index contributed by atoms with van der Waals surface area (Å²) in [6.07, 6.45) is 6.44. The lowest BCUT2D eigenvalue weighted by Crippen LogP contribution is -2.27. The van der Waals surface area contributed by atoms with E-state index < -0.39 is 0 Å². The predicted molar refractivity (Wildman–Crippen MR) is 61.5 cm³/mol. The first-order chi connectivity index (χ1) is 7.25. The van der Waals surface area contributed by atoms with Gasteiger partial charge in [-0.15, -0.1) is 0 Å². The zero-order valence-corrected chi connectivity index (χ0v) is 9.39. The van der Waals surface area contributed by atoms with Crippen LogP contribution in [0, 0.1) is 5.92 Å². The second kappa shape index (κ2) is 4.66. The van der Waals surface area contributed by atoms with Crippen LogP contribution >= 0.6 is 0 Å². The summed E-state index contributed by atoms with van der Waals surface area (Å²) < 4.78 is 2.03. The molecule has 1 fully saturated rings. The van der Waals surface area contributed by atoms with Gasteiger partial charge >= 0.3 is 0 Å². The summed E-state index contributed by atoms with van der Waals surface area (Å²) >= 11 is 0. The lowest BCUT2D eigenvalue weighted by Gasteiger charge is -2.20. The molecule has 0 bridgehead atoms. The fraction of sp³-hybridized carbons (Fsp3) is 0.727. The van der Waals surface area contributed by atoms with Crippen molar-refractivity contribution in [3.05, 3.63) is 12.4 Å². The van der Waals surface area contributed by atoms with E-state index in [2.05, 4.69) is 16.8 Å². The van der Waals surface area contributed by atoms with Crippen molar-refractivity contribution < 1.29 is 0 Å². The van der Waals surface area contributed by atoms with E-state index in [4.69, 9.17) is 5.73 Å². The van der Waals surface area contributed by atoms with Crippen LogP contribution in [0.4, 0.5) is 5.95 Å². The monoisotopic (exact) mass is 208 g/mol. The van der Waals surface area contributed by atoms with Gasteiger partial charge in [0.25, 0.3) is 0 Å². The molecule has 0 spiro atoms. The number of rotatable bonds is 4. The zero-order valence-electron chi connectivity index (χ0n) is 9.39. The molecule has 0 radical (unpaired) electrons. The quantitative estimate of drug-likeness (QED) is 0.808. The molecule has 1 aromatic rings. The molecule has 2 N–H and O–H groups in total. The lowest BCUT2D eigenvalue weighted by molar-refractivity contribution is 0.272. The van der Waals surface area contributed by atoms with Crippen molar-refractivity contribution in [3.8, 4) is 0 Å². The standard InChI is InChI=1S/C11H20N4/c1-10(8-14-5-2-3-6-14)9-15-7-4-13-11(15)12/h4,7,10H,2-3,5-6,8-9H2,1H3,(H2,12,13). The van der Waals surface area contributed by atoms with Gasteiger partial charge in [0.1, 0.15) is 0 Å². The Bertz CT molecular complexity index is 301. The van der Waals surface area contributed by atoms with Gasteiger partial charge in [0.2, 0.25) is 0 Å². The Morgan fingerprint density at radius 3 is 2.73 bits per heavy atom. The van der Waals surface area contributed by atoms with Crippen LogP contribution < -0.4 is 5.73 Å². The second-order valence-corrected chi connectivity index (χ2v) is 4.55. The fourth-order valence-electron chi connectivity index (χ4n) is 2.29. The SMILES string of the molecule is CC(CN1CCCC1)Cn1ccnc1N. The molecule has 1 aromatic heterocycles. The first-order valence-corrected chi connectivity index (χ1v) is 5.74. The molecule has 15 heavy (non-hydrogen) atoms. The minimum atomic E-state index is 0.628. The molecule has 0 saturated carbocycles. The van der Waals surface area contributed by atoms with Crippen LogP contribution in [0.5, 0.6) is 0 Å². The molecular weight excluding hydrogens is 188 g/mol. The van der Waals surface area contributed by atoms with Crippen LogP contribution in [0.25, 0.3) is 0 Å². The highest BCUT2D eigenvalue weighted by Gasteiger charge is 2.15. The minimum Gasteiger partial charge on any atom is -0.369 e. The van der Waals surface area contributed by atoms with Crippen molar-refractivity contribution in [1.29, 1.82) is 0 Å². The average molecular weight is 208 g/mol. The molecule has 1 saturated heterocycles. The van der Waals surface area contributed by atoms with Crippen LogP contribution in [0.15, 0.2) is 12.4 Å². The maximum absolute atomic E-state index is 5.74. The summed E-state index contributed by atoms with van der Waals surface area (Å²) in [7, 11) is 0.